The maximum absolute atomic E-state index is 12.2. The van der Waals surface area contributed by atoms with Crippen LogP contribution in [-0.2, 0) is 21.4 Å². The van der Waals surface area contributed by atoms with E-state index in [-0.39, 0.29) is 22.8 Å². The van der Waals surface area contributed by atoms with Crippen LogP contribution in [0.15, 0.2) is 47.5 Å². The van der Waals surface area contributed by atoms with E-state index < -0.39 is 22.0 Å². The molecule has 1 heterocycles. The number of nitrogens with zero attached hydrogens (tertiary/aromatic N) is 1. The Hall–Kier alpha value is -2.78. The lowest BCUT2D eigenvalue weighted by molar-refractivity contribution is -0.109. The third kappa shape index (κ3) is 5.11. The average molecular weight is 377 g/mol. The molecule has 1 amide bonds. The Morgan fingerprint density at radius 1 is 1.23 bits per heavy atom. The van der Waals surface area contributed by atoms with Gasteiger partial charge in [0.25, 0.3) is 5.91 Å². The minimum atomic E-state index is -3.74. The van der Waals surface area contributed by atoms with Crippen molar-refractivity contribution in [1.29, 1.82) is 0 Å². The van der Waals surface area contributed by atoms with Gasteiger partial charge in [-0.2, -0.15) is 0 Å². The zero-order valence-electron chi connectivity index (χ0n) is 14.0. The molecule has 1 aromatic carbocycles. The number of rotatable bonds is 8. The summed E-state index contributed by atoms with van der Waals surface area (Å²) in [5.41, 5.74) is 0.696. The number of nitrogens with one attached hydrogen (secondary N) is 2. The van der Waals surface area contributed by atoms with Gasteiger partial charge in [-0.15, -0.1) is 0 Å². The van der Waals surface area contributed by atoms with Crippen LogP contribution in [0, 0.1) is 0 Å². The topological polar surface area (TPSA) is 125 Å². The highest BCUT2D eigenvalue weighted by atomic mass is 32.2. The van der Waals surface area contributed by atoms with E-state index in [4.69, 9.17) is 0 Å². The molecule has 0 spiro atoms. The van der Waals surface area contributed by atoms with E-state index in [1.807, 2.05) is 0 Å². The van der Waals surface area contributed by atoms with Crippen LogP contribution < -0.4 is 10.0 Å². The van der Waals surface area contributed by atoms with Crippen molar-refractivity contribution in [2.45, 2.75) is 30.8 Å². The number of aromatic nitrogens is 1. The zero-order chi connectivity index (χ0) is 19.2. The summed E-state index contributed by atoms with van der Waals surface area (Å²) in [6, 6.07) is 7.61. The number of sulfonamides is 1. The predicted octanol–water partition coefficient (Wildman–Crippen LogP) is 0.973. The average Bonchev–Trinajstić information content (AvgIpc) is 2.65. The second-order valence-electron chi connectivity index (χ2n) is 5.48. The first-order valence-corrected chi connectivity index (χ1v) is 9.34. The lowest BCUT2D eigenvalue weighted by Crippen LogP contribution is -2.35. The number of benzene rings is 1. The van der Waals surface area contributed by atoms with Crippen molar-refractivity contribution in [3.8, 4) is 5.75 Å². The molecule has 0 aliphatic carbocycles. The molecule has 0 radical (unpaired) electrons. The van der Waals surface area contributed by atoms with Crippen molar-refractivity contribution in [1.82, 2.24) is 15.0 Å². The molecule has 0 fully saturated rings. The van der Waals surface area contributed by atoms with Crippen molar-refractivity contribution in [3.05, 3.63) is 53.9 Å². The SMILES string of the molecule is CC[C@@H](C=O)NC(=O)c1ccc(CNS(=O)(=O)c2ccc(O)cc2)nc1. The zero-order valence-corrected chi connectivity index (χ0v) is 14.9. The fourth-order valence-electron chi connectivity index (χ4n) is 2.02. The summed E-state index contributed by atoms with van der Waals surface area (Å²) in [6.07, 6.45) is 2.47. The number of phenols is 1. The molecule has 0 unspecified atom stereocenters. The Bertz CT molecular complexity index is 864. The highest BCUT2D eigenvalue weighted by molar-refractivity contribution is 7.89. The van der Waals surface area contributed by atoms with Crippen LogP contribution in [0.3, 0.4) is 0 Å². The van der Waals surface area contributed by atoms with Crippen LogP contribution in [0.4, 0.5) is 0 Å². The molecule has 9 heteroatoms. The van der Waals surface area contributed by atoms with Crippen LogP contribution >= 0.6 is 0 Å². The second-order valence-corrected chi connectivity index (χ2v) is 7.25. The Morgan fingerprint density at radius 2 is 1.92 bits per heavy atom. The van der Waals surface area contributed by atoms with Crippen LogP contribution in [0.2, 0.25) is 0 Å². The van der Waals surface area contributed by atoms with Gasteiger partial charge in [-0.1, -0.05) is 6.92 Å². The van der Waals surface area contributed by atoms with E-state index in [9.17, 15) is 23.1 Å². The summed E-state index contributed by atoms with van der Waals surface area (Å²) in [6.45, 7) is 1.72. The van der Waals surface area contributed by atoms with E-state index in [1.54, 1.807) is 6.92 Å². The molecule has 3 N–H and O–H groups in total. The Morgan fingerprint density at radius 3 is 2.46 bits per heavy atom. The fraction of sp³-hybridized carbons (Fsp3) is 0.235. The standard InChI is InChI=1S/C17H19N3O5S/c1-2-13(11-21)20-17(23)12-3-4-14(18-9-12)10-19-26(24,25)16-7-5-15(22)6-8-16/h3-9,11,13,19,22H,2,10H2,1H3,(H,20,23)/t13-/m0/s1. The van der Waals surface area contributed by atoms with Gasteiger partial charge in [-0.25, -0.2) is 13.1 Å². The van der Waals surface area contributed by atoms with E-state index >= 15 is 0 Å². The number of carbonyl (C=O) groups excluding carboxylic acids is 2. The lowest BCUT2D eigenvalue weighted by atomic mass is 10.2. The number of aldehydes is 1. The third-order valence-electron chi connectivity index (χ3n) is 3.60. The number of pyridine rings is 1. The summed E-state index contributed by atoms with van der Waals surface area (Å²) in [5.74, 6) is -0.452. The van der Waals surface area contributed by atoms with Gasteiger partial charge in [0, 0.05) is 6.20 Å². The molecule has 0 saturated heterocycles. The number of amides is 1. The Balaban J connectivity index is 1.99. The van der Waals surface area contributed by atoms with Gasteiger partial charge in [0.2, 0.25) is 10.0 Å². The molecule has 0 saturated carbocycles. The molecule has 0 aliphatic heterocycles. The molecule has 0 bridgehead atoms. The number of aromatic hydroxyl groups is 1. The van der Waals surface area contributed by atoms with Crippen molar-refractivity contribution in [2.24, 2.45) is 0 Å². The Labute approximate surface area is 151 Å². The molecule has 1 aromatic heterocycles. The highest BCUT2D eigenvalue weighted by Gasteiger charge is 2.15. The van der Waals surface area contributed by atoms with Gasteiger partial charge >= 0.3 is 0 Å². The van der Waals surface area contributed by atoms with Crippen LogP contribution in [-0.4, -0.2) is 36.7 Å². The molecule has 8 nitrogen and oxygen atoms in total. The highest BCUT2D eigenvalue weighted by Crippen LogP contribution is 2.14. The molecular weight excluding hydrogens is 358 g/mol. The van der Waals surface area contributed by atoms with Crippen molar-refractivity contribution in [3.63, 3.8) is 0 Å². The van der Waals surface area contributed by atoms with Crippen molar-refractivity contribution < 1.29 is 23.1 Å². The predicted molar refractivity (Wildman–Crippen MR) is 94.0 cm³/mol. The van der Waals surface area contributed by atoms with Gasteiger partial charge in [0.1, 0.15) is 12.0 Å². The lowest BCUT2D eigenvalue weighted by Gasteiger charge is -2.10. The largest absolute Gasteiger partial charge is 0.508 e. The van der Waals surface area contributed by atoms with Gasteiger partial charge in [0.05, 0.1) is 28.7 Å². The quantitative estimate of drug-likeness (QED) is 0.589. The molecule has 1 atom stereocenters. The molecule has 138 valence electrons. The number of carbonyl (C=O) groups is 2. The van der Waals surface area contributed by atoms with E-state index in [0.717, 1.165) is 0 Å². The molecule has 0 aliphatic rings. The van der Waals surface area contributed by atoms with Crippen molar-refractivity contribution in [2.75, 3.05) is 0 Å². The number of hydrogen-bond acceptors (Lipinski definition) is 6. The smallest absolute Gasteiger partial charge is 0.253 e. The first-order chi connectivity index (χ1) is 12.4. The summed E-state index contributed by atoms with van der Waals surface area (Å²) in [4.78, 5) is 26.8. The van der Waals surface area contributed by atoms with E-state index in [2.05, 4.69) is 15.0 Å². The summed E-state index contributed by atoms with van der Waals surface area (Å²) in [5, 5.41) is 11.8. The molecule has 2 rings (SSSR count). The van der Waals surface area contributed by atoms with Crippen LogP contribution in [0.5, 0.6) is 5.75 Å². The first-order valence-electron chi connectivity index (χ1n) is 7.85. The monoisotopic (exact) mass is 377 g/mol. The molecule has 26 heavy (non-hydrogen) atoms. The van der Waals surface area contributed by atoms with Crippen molar-refractivity contribution >= 4 is 22.2 Å². The maximum Gasteiger partial charge on any atom is 0.253 e. The van der Waals surface area contributed by atoms with Gasteiger partial charge < -0.3 is 15.2 Å². The molecular formula is C17H19N3O5S. The van der Waals surface area contributed by atoms with Crippen LogP contribution in [0.1, 0.15) is 29.4 Å². The minimum Gasteiger partial charge on any atom is -0.508 e. The van der Waals surface area contributed by atoms with Crippen LogP contribution in [0.25, 0.3) is 0 Å². The normalized spacial score (nSPS) is 12.3. The van der Waals surface area contributed by atoms with Gasteiger partial charge in [-0.05, 0) is 42.8 Å². The number of hydrogen-bond donors (Lipinski definition) is 3. The maximum atomic E-state index is 12.2. The first kappa shape index (κ1) is 19.5. The number of phenolic OH excluding ortho intramolecular Hbond substituents is 1. The van der Waals surface area contributed by atoms with Gasteiger partial charge in [0.15, 0.2) is 0 Å². The van der Waals surface area contributed by atoms with Gasteiger partial charge in [-0.3, -0.25) is 9.78 Å². The third-order valence-corrected chi connectivity index (χ3v) is 5.01. The fourth-order valence-corrected chi connectivity index (χ4v) is 3.02. The second kappa shape index (κ2) is 8.54. The summed E-state index contributed by atoms with van der Waals surface area (Å²) in [7, 11) is -3.74. The van der Waals surface area contributed by atoms with E-state index in [0.29, 0.717) is 18.4 Å². The summed E-state index contributed by atoms with van der Waals surface area (Å²) >= 11 is 0. The van der Waals surface area contributed by atoms with E-state index in [1.165, 1.54) is 42.6 Å². The minimum absolute atomic E-state index is 0.0192. The summed E-state index contributed by atoms with van der Waals surface area (Å²) < 4.78 is 26.7. The molecule has 2 aromatic rings. The Kier molecular flexibility index (Phi) is 6.42.